The number of rotatable bonds is 5. The molecule has 1 N–H and O–H groups in total. The van der Waals surface area contributed by atoms with E-state index in [4.69, 9.17) is 21.1 Å². The van der Waals surface area contributed by atoms with Crippen molar-refractivity contribution in [3.05, 3.63) is 35.0 Å². The Hall–Kier alpha value is -1.37. The number of benzene rings is 1. The molecule has 0 bridgehead atoms. The van der Waals surface area contributed by atoms with E-state index in [-0.39, 0.29) is 6.04 Å². The monoisotopic (exact) mass is 339 g/mol. The van der Waals surface area contributed by atoms with Gasteiger partial charge in [0.05, 0.1) is 19.8 Å². The summed E-state index contributed by atoms with van der Waals surface area (Å²) in [7, 11) is 1.65. The van der Waals surface area contributed by atoms with E-state index in [0.717, 1.165) is 40.2 Å². The van der Waals surface area contributed by atoms with Gasteiger partial charge < -0.3 is 9.47 Å². The zero-order valence-electron chi connectivity index (χ0n) is 12.5. The predicted octanol–water partition coefficient (Wildman–Crippen LogP) is 3.69. The van der Waals surface area contributed by atoms with Gasteiger partial charge in [-0.15, -0.1) is 0 Å². The topological polar surface area (TPSA) is 48.3 Å². The highest BCUT2D eigenvalue weighted by Crippen LogP contribution is 2.37. The van der Waals surface area contributed by atoms with E-state index in [1.165, 1.54) is 0 Å². The molecular formula is C15H18ClN3O2S. The van der Waals surface area contributed by atoms with Gasteiger partial charge in [0.25, 0.3) is 5.88 Å². The van der Waals surface area contributed by atoms with Gasteiger partial charge in [-0.1, -0.05) is 11.6 Å². The molecule has 0 amide bonds. The Morgan fingerprint density at radius 3 is 2.91 bits per heavy atom. The molecule has 0 fully saturated rings. The summed E-state index contributed by atoms with van der Waals surface area (Å²) in [4.78, 5) is 1.09. The van der Waals surface area contributed by atoms with Gasteiger partial charge in [0.15, 0.2) is 0 Å². The smallest absolute Gasteiger partial charge is 0.255 e. The highest BCUT2D eigenvalue weighted by Gasteiger charge is 2.26. The van der Waals surface area contributed by atoms with Gasteiger partial charge in [-0.3, -0.25) is 4.72 Å². The zero-order valence-corrected chi connectivity index (χ0v) is 14.1. The molecule has 118 valence electrons. The van der Waals surface area contributed by atoms with Gasteiger partial charge in [0.1, 0.15) is 5.69 Å². The van der Waals surface area contributed by atoms with E-state index in [1.807, 2.05) is 28.9 Å². The standard InChI is InChI=1S/C15H18ClN3O2S/c1-10(18-22-12-6-4-11(16)5-7-12)13-14(20-2)15-19(17-13)8-3-9-21-15/h4-7,10,18H,3,8-9H2,1-2H3. The lowest BCUT2D eigenvalue weighted by molar-refractivity contribution is 0.219. The molecule has 1 aromatic carbocycles. The first-order chi connectivity index (χ1) is 10.7. The molecule has 2 heterocycles. The maximum Gasteiger partial charge on any atom is 0.255 e. The number of methoxy groups -OCH3 is 1. The Bertz CT molecular complexity index is 645. The lowest BCUT2D eigenvalue weighted by Gasteiger charge is -2.15. The molecule has 1 aliphatic heterocycles. The molecule has 0 saturated heterocycles. The van der Waals surface area contributed by atoms with Gasteiger partial charge >= 0.3 is 0 Å². The minimum absolute atomic E-state index is 0.0253. The Kier molecular flexibility index (Phi) is 4.81. The average Bonchev–Trinajstić information content (AvgIpc) is 2.92. The van der Waals surface area contributed by atoms with E-state index < -0.39 is 0 Å². The average molecular weight is 340 g/mol. The number of ether oxygens (including phenoxy) is 2. The first-order valence-corrected chi connectivity index (χ1v) is 8.34. The van der Waals surface area contributed by atoms with Crippen LogP contribution in [0.1, 0.15) is 25.1 Å². The molecule has 0 radical (unpaired) electrons. The lowest BCUT2D eigenvalue weighted by Crippen LogP contribution is -2.15. The Morgan fingerprint density at radius 1 is 1.41 bits per heavy atom. The van der Waals surface area contributed by atoms with E-state index >= 15 is 0 Å². The largest absolute Gasteiger partial charge is 0.490 e. The van der Waals surface area contributed by atoms with Crippen LogP contribution in [-0.2, 0) is 6.54 Å². The van der Waals surface area contributed by atoms with E-state index in [9.17, 15) is 0 Å². The molecule has 22 heavy (non-hydrogen) atoms. The number of nitrogens with zero attached hydrogens (tertiary/aromatic N) is 2. The summed E-state index contributed by atoms with van der Waals surface area (Å²) in [6.45, 7) is 3.63. The summed E-state index contributed by atoms with van der Waals surface area (Å²) >= 11 is 7.44. The van der Waals surface area contributed by atoms with Crippen molar-refractivity contribution in [3.8, 4) is 11.6 Å². The normalized spacial score (nSPS) is 15.0. The number of hydrogen-bond donors (Lipinski definition) is 1. The van der Waals surface area contributed by atoms with Crippen LogP contribution in [0, 0.1) is 0 Å². The van der Waals surface area contributed by atoms with Gasteiger partial charge in [0, 0.05) is 22.9 Å². The third-order valence-electron chi connectivity index (χ3n) is 3.42. The summed E-state index contributed by atoms with van der Waals surface area (Å²) in [5.41, 5.74) is 0.862. The number of aromatic nitrogens is 2. The van der Waals surface area contributed by atoms with Gasteiger partial charge in [-0.25, -0.2) is 4.68 Å². The molecule has 3 rings (SSSR count). The fraction of sp³-hybridized carbons (Fsp3) is 0.400. The number of halogens is 1. The Labute approximate surface area is 139 Å². The summed E-state index contributed by atoms with van der Waals surface area (Å²) in [5, 5.41) is 5.35. The van der Waals surface area contributed by atoms with Gasteiger partial charge in [0.2, 0.25) is 5.75 Å². The number of fused-ring (bicyclic) bond motifs is 1. The van der Waals surface area contributed by atoms with Crippen LogP contribution in [0.3, 0.4) is 0 Å². The number of hydrogen-bond acceptors (Lipinski definition) is 5. The van der Waals surface area contributed by atoms with Crippen LogP contribution >= 0.6 is 23.5 Å². The van der Waals surface area contributed by atoms with Crippen molar-refractivity contribution in [1.29, 1.82) is 0 Å². The Morgan fingerprint density at radius 2 is 2.18 bits per heavy atom. The van der Waals surface area contributed by atoms with Crippen LogP contribution in [0.4, 0.5) is 0 Å². The van der Waals surface area contributed by atoms with Crippen molar-refractivity contribution >= 4 is 23.5 Å². The van der Waals surface area contributed by atoms with Crippen molar-refractivity contribution < 1.29 is 9.47 Å². The fourth-order valence-electron chi connectivity index (χ4n) is 2.31. The number of nitrogens with one attached hydrogen (secondary N) is 1. The van der Waals surface area contributed by atoms with Crippen molar-refractivity contribution in [3.63, 3.8) is 0 Å². The molecule has 0 aliphatic carbocycles. The first kappa shape index (κ1) is 15.5. The van der Waals surface area contributed by atoms with Gasteiger partial charge in [-0.05, 0) is 43.1 Å². The van der Waals surface area contributed by atoms with Crippen LogP contribution < -0.4 is 14.2 Å². The van der Waals surface area contributed by atoms with Crippen molar-refractivity contribution in [1.82, 2.24) is 14.5 Å². The molecule has 1 aromatic heterocycles. The second kappa shape index (κ2) is 6.81. The van der Waals surface area contributed by atoms with Crippen LogP contribution in [0.15, 0.2) is 29.2 Å². The van der Waals surface area contributed by atoms with Crippen LogP contribution in [0.5, 0.6) is 11.6 Å². The SMILES string of the molecule is COc1c(C(C)NSc2ccc(Cl)cc2)nn2c1OCCC2. The van der Waals surface area contributed by atoms with Crippen LogP contribution in [-0.4, -0.2) is 23.5 Å². The minimum atomic E-state index is 0.0253. The molecule has 7 heteroatoms. The highest BCUT2D eigenvalue weighted by molar-refractivity contribution is 7.97. The fourth-order valence-corrected chi connectivity index (χ4v) is 3.14. The maximum atomic E-state index is 5.90. The van der Waals surface area contributed by atoms with Gasteiger partial charge in [-0.2, -0.15) is 5.10 Å². The summed E-state index contributed by atoms with van der Waals surface area (Å²) in [6, 6.07) is 7.73. The maximum absolute atomic E-state index is 5.90. The summed E-state index contributed by atoms with van der Waals surface area (Å²) < 4.78 is 16.4. The second-order valence-corrected chi connectivity index (χ2v) is 6.39. The number of aryl methyl sites for hydroxylation is 1. The Balaban J connectivity index is 1.73. The minimum Gasteiger partial charge on any atom is -0.490 e. The van der Waals surface area contributed by atoms with Crippen molar-refractivity contribution in [2.45, 2.75) is 30.8 Å². The van der Waals surface area contributed by atoms with E-state index in [0.29, 0.717) is 6.61 Å². The summed E-state index contributed by atoms with van der Waals surface area (Å²) in [6.07, 6.45) is 0.971. The third-order valence-corrected chi connectivity index (χ3v) is 4.66. The summed E-state index contributed by atoms with van der Waals surface area (Å²) in [5.74, 6) is 1.45. The highest BCUT2D eigenvalue weighted by atomic mass is 35.5. The van der Waals surface area contributed by atoms with Crippen LogP contribution in [0.2, 0.25) is 5.02 Å². The second-order valence-electron chi connectivity index (χ2n) is 5.04. The molecule has 2 aromatic rings. The zero-order chi connectivity index (χ0) is 15.5. The predicted molar refractivity (Wildman–Crippen MR) is 87.8 cm³/mol. The quantitative estimate of drug-likeness (QED) is 0.842. The van der Waals surface area contributed by atoms with E-state index in [1.54, 1.807) is 19.1 Å². The lowest BCUT2D eigenvalue weighted by atomic mass is 10.2. The molecular weight excluding hydrogens is 322 g/mol. The molecule has 1 aliphatic rings. The van der Waals surface area contributed by atoms with Crippen molar-refractivity contribution in [2.75, 3.05) is 13.7 Å². The third kappa shape index (κ3) is 3.19. The van der Waals surface area contributed by atoms with Crippen LogP contribution in [0.25, 0.3) is 0 Å². The molecule has 1 atom stereocenters. The first-order valence-electron chi connectivity index (χ1n) is 7.14. The molecule has 5 nitrogen and oxygen atoms in total. The van der Waals surface area contributed by atoms with Crippen molar-refractivity contribution in [2.24, 2.45) is 0 Å². The molecule has 0 spiro atoms. The molecule has 0 saturated carbocycles. The van der Waals surface area contributed by atoms with E-state index in [2.05, 4.69) is 16.7 Å². The molecule has 1 unspecified atom stereocenters.